The largest absolute Gasteiger partial charge is 0.503 e. The smallest absolute Gasteiger partial charge is 0.340 e. The summed E-state index contributed by atoms with van der Waals surface area (Å²) in [5.41, 5.74) is 1.40. The molecule has 2 heterocycles. The summed E-state index contributed by atoms with van der Waals surface area (Å²) in [6.45, 7) is 1.82. The molecule has 0 saturated carbocycles. The second-order valence-electron chi connectivity index (χ2n) is 7.10. The standard InChI is InChI=1S/C24H18N2O4S/c1-2-30-23(29)18-20(15-9-4-3-5-10-15)26(22(28)21(18)27)24-25-19-16-11-7-6-8-14(16)12-13-17(19)31-24/h3-13,20,27H,2H2,1H3. The molecular weight excluding hydrogens is 412 g/mol. The van der Waals surface area contributed by atoms with Crippen molar-refractivity contribution in [3.63, 3.8) is 0 Å². The van der Waals surface area contributed by atoms with Gasteiger partial charge in [-0.3, -0.25) is 9.69 Å². The highest BCUT2D eigenvalue weighted by Gasteiger charge is 2.46. The monoisotopic (exact) mass is 430 g/mol. The van der Waals surface area contributed by atoms with Crippen molar-refractivity contribution in [2.75, 3.05) is 11.5 Å². The molecule has 5 rings (SSSR count). The molecule has 0 bridgehead atoms. The van der Waals surface area contributed by atoms with E-state index in [2.05, 4.69) is 0 Å². The Labute approximate surface area is 182 Å². The van der Waals surface area contributed by atoms with Gasteiger partial charge in [0.1, 0.15) is 11.6 Å². The van der Waals surface area contributed by atoms with Gasteiger partial charge in [-0.2, -0.15) is 0 Å². The van der Waals surface area contributed by atoms with Gasteiger partial charge in [-0.1, -0.05) is 72.0 Å². The first kappa shape index (κ1) is 19.3. The van der Waals surface area contributed by atoms with Gasteiger partial charge in [0.05, 0.1) is 16.8 Å². The van der Waals surface area contributed by atoms with Crippen LogP contribution in [-0.2, 0) is 14.3 Å². The summed E-state index contributed by atoms with van der Waals surface area (Å²) in [7, 11) is 0. The Balaban J connectivity index is 1.69. The number of amides is 1. The van der Waals surface area contributed by atoms with Gasteiger partial charge in [-0.25, -0.2) is 9.78 Å². The molecule has 0 spiro atoms. The first-order chi connectivity index (χ1) is 15.1. The summed E-state index contributed by atoms with van der Waals surface area (Å²) in [6, 6.07) is 20.2. The Hall–Kier alpha value is -3.71. The number of carbonyl (C=O) groups excluding carboxylic acids is 2. The number of aliphatic hydroxyl groups excluding tert-OH is 1. The maximum Gasteiger partial charge on any atom is 0.340 e. The first-order valence-corrected chi connectivity index (χ1v) is 10.7. The Morgan fingerprint density at radius 3 is 2.61 bits per heavy atom. The molecule has 1 atom stereocenters. The second kappa shape index (κ2) is 7.52. The van der Waals surface area contributed by atoms with Crippen LogP contribution in [0.15, 0.2) is 78.1 Å². The lowest BCUT2D eigenvalue weighted by Gasteiger charge is -2.24. The van der Waals surface area contributed by atoms with Crippen LogP contribution >= 0.6 is 11.3 Å². The molecule has 3 aromatic carbocycles. The molecule has 1 aliphatic rings. The van der Waals surface area contributed by atoms with Crippen LogP contribution in [0.25, 0.3) is 21.0 Å². The molecule has 1 amide bonds. The van der Waals surface area contributed by atoms with E-state index < -0.39 is 23.7 Å². The average molecular weight is 430 g/mol. The van der Waals surface area contributed by atoms with Gasteiger partial charge in [-0.15, -0.1) is 0 Å². The van der Waals surface area contributed by atoms with Gasteiger partial charge >= 0.3 is 5.97 Å². The van der Waals surface area contributed by atoms with Crippen molar-refractivity contribution in [3.8, 4) is 0 Å². The van der Waals surface area contributed by atoms with Crippen molar-refractivity contribution in [3.05, 3.63) is 83.6 Å². The first-order valence-electron chi connectivity index (χ1n) is 9.87. The van der Waals surface area contributed by atoms with Crippen LogP contribution < -0.4 is 4.90 Å². The number of aliphatic hydroxyl groups is 1. The van der Waals surface area contributed by atoms with E-state index in [4.69, 9.17) is 9.72 Å². The van der Waals surface area contributed by atoms with E-state index in [1.54, 1.807) is 6.92 Å². The van der Waals surface area contributed by atoms with Crippen molar-refractivity contribution in [2.24, 2.45) is 0 Å². The van der Waals surface area contributed by atoms with E-state index in [1.165, 1.54) is 16.2 Å². The lowest BCUT2D eigenvalue weighted by molar-refractivity contribution is -0.139. The van der Waals surface area contributed by atoms with Gasteiger partial charge in [0, 0.05) is 5.39 Å². The molecule has 1 aliphatic heterocycles. The summed E-state index contributed by atoms with van der Waals surface area (Å²) in [5.74, 6) is -1.98. The summed E-state index contributed by atoms with van der Waals surface area (Å²) in [5, 5.41) is 13.1. The third kappa shape index (κ3) is 3.05. The van der Waals surface area contributed by atoms with Crippen LogP contribution in [0.5, 0.6) is 0 Å². The number of carbonyl (C=O) groups is 2. The molecule has 7 heteroatoms. The number of aromatic nitrogens is 1. The van der Waals surface area contributed by atoms with E-state index >= 15 is 0 Å². The Morgan fingerprint density at radius 2 is 1.84 bits per heavy atom. The highest BCUT2D eigenvalue weighted by molar-refractivity contribution is 7.22. The highest BCUT2D eigenvalue weighted by atomic mass is 32.1. The predicted octanol–water partition coefficient (Wildman–Crippen LogP) is 4.91. The van der Waals surface area contributed by atoms with Gasteiger partial charge in [0.15, 0.2) is 10.9 Å². The number of nitrogens with zero attached hydrogens (tertiary/aromatic N) is 2. The summed E-state index contributed by atoms with van der Waals surface area (Å²) < 4.78 is 6.06. The number of hydrogen-bond donors (Lipinski definition) is 1. The van der Waals surface area contributed by atoms with E-state index in [0.29, 0.717) is 10.7 Å². The van der Waals surface area contributed by atoms with Crippen LogP contribution in [0.2, 0.25) is 0 Å². The number of esters is 1. The highest BCUT2D eigenvalue weighted by Crippen LogP contribution is 2.44. The molecule has 0 saturated heterocycles. The molecular formula is C24H18N2O4S. The second-order valence-corrected chi connectivity index (χ2v) is 8.11. The molecule has 31 heavy (non-hydrogen) atoms. The van der Waals surface area contributed by atoms with Crippen LogP contribution in [0.3, 0.4) is 0 Å². The molecule has 1 aromatic heterocycles. The molecule has 0 aliphatic carbocycles. The fourth-order valence-corrected chi connectivity index (χ4v) is 4.93. The molecule has 1 unspecified atom stereocenters. The van der Waals surface area contributed by atoms with E-state index in [0.717, 1.165) is 21.0 Å². The minimum absolute atomic E-state index is 0.0674. The fourth-order valence-electron chi connectivity index (χ4n) is 3.92. The SMILES string of the molecule is CCOC(=O)C1=C(O)C(=O)N(c2nc3c(ccc4ccccc43)s2)C1c1ccccc1. The summed E-state index contributed by atoms with van der Waals surface area (Å²) in [4.78, 5) is 31.9. The molecule has 0 radical (unpaired) electrons. The third-order valence-corrected chi connectivity index (χ3v) is 6.32. The van der Waals surface area contributed by atoms with Crippen LogP contribution in [0, 0.1) is 0 Å². The van der Waals surface area contributed by atoms with Crippen molar-refractivity contribution in [2.45, 2.75) is 13.0 Å². The zero-order chi connectivity index (χ0) is 21.5. The molecule has 4 aromatic rings. The topological polar surface area (TPSA) is 79.7 Å². The number of anilines is 1. The zero-order valence-electron chi connectivity index (χ0n) is 16.6. The van der Waals surface area contributed by atoms with Gasteiger partial charge in [0.2, 0.25) is 0 Å². The minimum Gasteiger partial charge on any atom is -0.503 e. The normalized spacial score (nSPS) is 16.5. The third-order valence-electron chi connectivity index (χ3n) is 5.30. The van der Waals surface area contributed by atoms with Crippen LogP contribution in [0.4, 0.5) is 5.13 Å². The van der Waals surface area contributed by atoms with Crippen molar-refractivity contribution >= 4 is 49.3 Å². The molecule has 1 N–H and O–H groups in total. The van der Waals surface area contributed by atoms with Crippen molar-refractivity contribution in [1.82, 2.24) is 4.98 Å². The quantitative estimate of drug-likeness (QED) is 0.465. The van der Waals surface area contributed by atoms with Gasteiger partial charge < -0.3 is 9.84 Å². The summed E-state index contributed by atoms with van der Waals surface area (Å²) >= 11 is 1.34. The number of fused-ring (bicyclic) bond motifs is 3. The molecule has 0 fully saturated rings. The van der Waals surface area contributed by atoms with Gasteiger partial charge in [0.25, 0.3) is 5.91 Å². The number of hydrogen-bond acceptors (Lipinski definition) is 6. The Morgan fingerprint density at radius 1 is 1.10 bits per heavy atom. The van der Waals surface area contributed by atoms with E-state index in [9.17, 15) is 14.7 Å². The number of thiazole rings is 1. The van der Waals surface area contributed by atoms with E-state index in [-0.39, 0.29) is 12.2 Å². The maximum atomic E-state index is 13.1. The van der Waals surface area contributed by atoms with Crippen LogP contribution in [-0.4, -0.2) is 28.6 Å². The number of ether oxygens (including phenoxy) is 1. The summed E-state index contributed by atoms with van der Waals surface area (Å²) in [6.07, 6.45) is 0. The van der Waals surface area contributed by atoms with Crippen molar-refractivity contribution in [1.29, 1.82) is 0 Å². The fraction of sp³-hybridized carbons (Fsp3) is 0.125. The predicted molar refractivity (Wildman–Crippen MR) is 120 cm³/mol. The maximum absolute atomic E-state index is 13.1. The van der Waals surface area contributed by atoms with Crippen molar-refractivity contribution < 1.29 is 19.4 Å². The molecule has 6 nitrogen and oxygen atoms in total. The van der Waals surface area contributed by atoms with E-state index in [1.807, 2.05) is 66.7 Å². The minimum atomic E-state index is -0.820. The Bertz CT molecular complexity index is 1360. The lowest BCUT2D eigenvalue weighted by Crippen LogP contribution is -2.31. The number of rotatable bonds is 4. The van der Waals surface area contributed by atoms with Crippen LogP contribution in [0.1, 0.15) is 18.5 Å². The Kier molecular flexibility index (Phi) is 4.67. The number of benzene rings is 3. The molecule has 154 valence electrons. The van der Waals surface area contributed by atoms with Gasteiger partial charge in [-0.05, 0) is 23.9 Å². The zero-order valence-corrected chi connectivity index (χ0v) is 17.4. The lowest BCUT2D eigenvalue weighted by atomic mass is 10.00. The average Bonchev–Trinajstić information content (AvgIpc) is 3.33.